The van der Waals surface area contributed by atoms with Crippen LogP contribution in [-0.2, 0) is 5.75 Å². The van der Waals surface area contributed by atoms with Crippen molar-refractivity contribution in [2.75, 3.05) is 0 Å². The van der Waals surface area contributed by atoms with E-state index in [9.17, 15) is 5.11 Å². The second-order valence-corrected chi connectivity index (χ2v) is 8.03. The Balaban J connectivity index is 1.77. The first kappa shape index (κ1) is 18.4. The molecule has 0 spiro atoms. The van der Waals surface area contributed by atoms with Crippen molar-refractivity contribution in [2.24, 2.45) is 5.10 Å². The topological polar surface area (TPSA) is 63.3 Å². The van der Waals surface area contributed by atoms with Crippen molar-refractivity contribution in [3.05, 3.63) is 67.8 Å². The first-order chi connectivity index (χ1) is 12.0. The highest BCUT2D eigenvalue weighted by molar-refractivity contribution is 9.11. The molecule has 0 aliphatic rings. The predicted octanol–water partition coefficient (Wildman–Crippen LogP) is 5.34. The van der Waals surface area contributed by atoms with E-state index in [0.717, 1.165) is 10.0 Å². The molecule has 0 unspecified atom stereocenters. The fourth-order valence-corrected chi connectivity index (χ4v) is 4.37. The summed E-state index contributed by atoms with van der Waals surface area (Å²) >= 11 is 14.3. The van der Waals surface area contributed by atoms with Gasteiger partial charge in [0.05, 0.1) is 10.7 Å². The Morgan fingerprint density at radius 3 is 2.88 bits per heavy atom. The third kappa shape index (κ3) is 4.63. The molecule has 0 saturated heterocycles. The van der Waals surface area contributed by atoms with Gasteiger partial charge in [-0.2, -0.15) is 9.78 Å². The standard InChI is InChI=1S/C16H11Br2ClN4OS/c17-12-5-11(15(24)13(18)6-12)7-21-23-9-20-22-16(23)25-8-10-3-1-2-4-14(10)19/h1-7,9,24H,8H2/b21-7+. The Morgan fingerprint density at radius 1 is 1.28 bits per heavy atom. The molecule has 9 heteroatoms. The average Bonchev–Trinajstić information content (AvgIpc) is 3.03. The highest BCUT2D eigenvalue weighted by Gasteiger charge is 2.08. The van der Waals surface area contributed by atoms with Gasteiger partial charge in [-0.15, -0.1) is 10.2 Å². The monoisotopic (exact) mass is 500 g/mol. The van der Waals surface area contributed by atoms with Crippen LogP contribution in [0.15, 0.2) is 61.9 Å². The van der Waals surface area contributed by atoms with Gasteiger partial charge in [-0.05, 0) is 39.7 Å². The molecular weight excluding hydrogens is 492 g/mol. The van der Waals surface area contributed by atoms with Gasteiger partial charge < -0.3 is 5.11 Å². The second-order valence-electron chi connectivity index (χ2n) is 4.91. The molecule has 1 N–H and O–H groups in total. The number of benzene rings is 2. The fourth-order valence-electron chi connectivity index (χ4n) is 1.96. The fraction of sp³-hybridized carbons (Fsp3) is 0.0625. The molecule has 25 heavy (non-hydrogen) atoms. The summed E-state index contributed by atoms with van der Waals surface area (Å²) in [6.07, 6.45) is 3.06. The summed E-state index contributed by atoms with van der Waals surface area (Å²) in [5.41, 5.74) is 1.58. The quantitative estimate of drug-likeness (QED) is 0.378. The predicted molar refractivity (Wildman–Crippen MR) is 108 cm³/mol. The van der Waals surface area contributed by atoms with Crippen molar-refractivity contribution in [1.82, 2.24) is 14.9 Å². The lowest BCUT2D eigenvalue weighted by Crippen LogP contribution is -1.94. The van der Waals surface area contributed by atoms with Crippen LogP contribution in [0.4, 0.5) is 0 Å². The number of thioether (sulfide) groups is 1. The van der Waals surface area contributed by atoms with E-state index < -0.39 is 0 Å². The van der Waals surface area contributed by atoms with Gasteiger partial charge in [0.2, 0.25) is 5.16 Å². The zero-order chi connectivity index (χ0) is 17.8. The average molecular weight is 503 g/mol. The minimum atomic E-state index is 0.116. The first-order valence-corrected chi connectivity index (χ1v) is 9.98. The van der Waals surface area contributed by atoms with Crippen molar-refractivity contribution in [1.29, 1.82) is 0 Å². The lowest BCUT2D eigenvalue weighted by atomic mass is 10.2. The van der Waals surface area contributed by atoms with Crippen molar-refractivity contribution in [3.8, 4) is 5.75 Å². The molecule has 2 aromatic carbocycles. The van der Waals surface area contributed by atoms with Gasteiger partial charge in [0.1, 0.15) is 12.1 Å². The molecule has 0 saturated carbocycles. The Morgan fingerprint density at radius 2 is 2.08 bits per heavy atom. The maximum atomic E-state index is 10.1. The number of halogens is 3. The Hall–Kier alpha value is -1.35. The summed E-state index contributed by atoms with van der Waals surface area (Å²) in [6, 6.07) is 11.2. The number of phenols is 1. The highest BCUT2D eigenvalue weighted by Crippen LogP contribution is 2.31. The minimum absolute atomic E-state index is 0.116. The molecule has 1 aromatic heterocycles. The summed E-state index contributed by atoms with van der Waals surface area (Å²) in [4.78, 5) is 0. The third-order valence-corrected chi connectivity index (χ3v) is 5.61. The lowest BCUT2D eigenvalue weighted by Gasteiger charge is -2.04. The maximum Gasteiger partial charge on any atom is 0.212 e. The molecule has 3 aromatic rings. The van der Waals surface area contributed by atoms with E-state index in [2.05, 4.69) is 47.2 Å². The molecule has 0 fully saturated rings. The van der Waals surface area contributed by atoms with Crippen LogP contribution < -0.4 is 0 Å². The van der Waals surface area contributed by atoms with Crippen molar-refractivity contribution >= 4 is 61.4 Å². The van der Waals surface area contributed by atoms with Crippen LogP contribution in [-0.4, -0.2) is 26.2 Å². The largest absolute Gasteiger partial charge is 0.506 e. The molecule has 5 nitrogen and oxygen atoms in total. The molecular formula is C16H11Br2ClN4OS. The van der Waals surface area contributed by atoms with E-state index in [4.69, 9.17) is 11.6 Å². The van der Waals surface area contributed by atoms with Crippen molar-refractivity contribution in [3.63, 3.8) is 0 Å². The zero-order valence-electron chi connectivity index (χ0n) is 12.6. The van der Waals surface area contributed by atoms with Gasteiger partial charge in [0.15, 0.2) is 0 Å². The van der Waals surface area contributed by atoms with Gasteiger partial charge in [-0.3, -0.25) is 0 Å². The number of aromatic nitrogens is 3. The minimum Gasteiger partial charge on any atom is -0.506 e. The van der Waals surface area contributed by atoms with Gasteiger partial charge in [-0.1, -0.05) is 57.5 Å². The van der Waals surface area contributed by atoms with Gasteiger partial charge in [-0.25, -0.2) is 0 Å². The SMILES string of the molecule is Oc1c(Br)cc(Br)cc1/C=N/n1cnnc1SCc1ccccc1Cl. The zero-order valence-corrected chi connectivity index (χ0v) is 17.3. The van der Waals surface area contributed by atoms with E-state index in [0.29, 0.717) is 26.0 Å². The summed E-state index contributed by atoms with van der Waals surface area (Å²) < 4.78 is 2.96. The van der Waals surface area contributed by atoms with Crippen LogP contribution in [0.25, 0.3) is 0 Å². The number of hydrogen-bond donors (Lipinski definition) is 1. The van der Waals surface area contributed by atoms with Crippen LogP contribution in [0.3, 0.4) is 0 Å². The smallest absolute Gasteiger partial charge is 0.212 e. The first-order valence-electron chi connectivity index (χ1n) is 7.03. The molecule has 128 valence electrons. The Labute approximate surface area is 170 Å². The number of nitrogens with zero attached hydrogens (tertiary/aromatic N) is 4. The normalized spacial score (nSPS) is 11.3. The van der Waals surface area contributed by atoms with Crippen LogP contribution in [0.2, 0.25) is 5.02 Å². The maximum absolute atomic E-state index is 10.1. The van der Waals surface area contributed by atoms with Crippen LogP contribution >= 0.6 is 55.2 Å². The molecule has 0 amide bonds. The van der Waals surface area contributed by atoms with E-state index in [1.807, 2.05) is 24.3 Å². The van der Waals surface area contributed by atoms with E-state index >= 15 is 0 Å². The second kappa shape index (κ2) is 8.35. The van der Waals surface area contributed by atoms with Crippen molar-refractivity contribution < 1.29 is 5.11 Å². The highest BCUT2D eigenvalue weighted by atomic mass is 79.9. The van der Waals surface area contributed by atoms with E-state index in [-0.39, 0.29) is 5.75 Å². The van der Waals surface area contributed by atoms with E-state index in [1.165, 1.54) is 18.1 Å². The van der Waals surface area contributed by atoms with Crippen LogP contribution in [0.1, 0.15) is 11.1 Å². The van der Waals surface area contributed by atoms with Crippen LogP contribution in [0, 0.1) is 0 Å². The molecule has 0 radical (unpaired) electrons. The molecule has 3 rings (SSSR count). The van der Waals surface area contributed by atoms with Crippen molar-refractivity contribution in [2.45, 2.75) is 10.9 Å². The molecule has 1 heterocycles. The summed E-state index contributed by atoms with van der Waals surface area (Å²) in [5, 5.41) is 23.7. The molecule has 0 bridgehead atoms. The lowest BCUT2D eigenvalue weighted by molar-refractivity contribution is 0.471. The molecule has 0 atom stereocenters. The van der Waals surface area contributed by atoms with E-state index in [1.54, 1.807) is 23.0 Å². The Kier molecular flexibility index (Phi) is 6.16. The third-order valence-electron chi connectivity index (χ3n) is 3.19. The molecule has 0 aliphatic heterocycles. The summed E-state index contributed by atoms with van der Waals surface area (Å²) in [6.45, 7) is 0. The van der Waals surface area contributed by atoms with Crippen LogP contribution in [0.5, 0.6) is 5.75 Å². The van der Waals surface area contributed by atoms with Gasteiger partial charge >= 0.3 is 0 Å². The summed E-state index contributed by atoms with van der Waals surface area (Å²) in [5.74, 6) is 0.770. The number of phenolic OH excluding ortho intramolecular Hbond substituents is 1. The number of rotatable bonds is 5. The summed E-state index contributed by atoms with van der Waals surface area (Å²) in [7, 11) is 0. The molecule has 0 aliphatic carbocycles. The number of aromatic hydroxyl groups is 1. The van der Waals surface area contributed by atoms with Gasteiger partial charge in [0, 0.05) is 20.8 Å². The van der Waals surface area contributed by atoms with Gasteiger partial charge in [0.25, 0.3) is 0 Å². The Bertz CT molecular complexity index is 932. The number of hydrogen-bond acceptors (Lipinski definition) is 5.